The normalized spacial score (nSPS) is 22.1. The Balaban J connectivity index is 1.46. The van der Waals surface area contributed by atoms with Crippen LogP contribution in [0.4, 0.5) is 0 Å². The number of carbonyl (C=O) groups is 1. The van der Waals surface area contributed by atoms with Crippen LogP contribution in [-0.4, -0.2) is 37.2 Å². The zero-order chi connectivity index (χ0) is 14.5. The summed E-state index contributed by atoms with van der Waals surface area (Å²) in [7, 11) is 0. The average molecular weight is 288 g/mol. The summed E-state index contributed by atoms with van der Waals surface area (Å²) in [6, 6.07) is 9.22. The van der Waals surface area contributed by atoms with E-state index < -0.39 is 0 Å². The molecule has 21 heavy (non-hydrogen) atoms. The molecule has 0 saturated carbocycles. The highest BCUT2D eigenvalue weighted by Crippen LogP contribution is 2.30. The number of nitrogens with zero attached hydrogens (tertiary/aromatic N) is 1. The van der Waals surface area contributed by atoms with Gasteiger partial charge < -0.3 is 10.2 Å². The lowest BCUT2D eigenvalue weighted by Crippen LogP contribution is -2.40. The maximum atomic E-state index is 12.0. The van der Waals surface area contributed by atoms with Crippen LogP contribution in [0.5, 0.6) is 0 Å². The third-order valence-electron chi connectivity index (χ3n) is 4.77. The van der Waals surface area contributed by atoms with Crippen molar-refractivity contribution in [3.63, 3.8) is 0 Å². The SMILES string of the molecule is O=C(ON1CCC(C2CCNCC2)CC1)c1ccccc1. The number of benzene rings is 1. The number of hydrogen-bond acceptors (Lipinski definition) is 4. The van der Waals surface area contributed by atoms with Gasteiger partial charge in [-0.3, -0.25) is 0 Å². The summed E-state index contributed by atoms with van der Waals surface area (Å²) >= 11 is 0. The quantitative estimate of drug-likeness (QED) is 0.928. The molecule has 0 bridgehead atoms. The van der Waals surface area contributed by atoms with Crippen LogP contribution in [0.15, 0.2) is 30.3 Å². The maximum Gasteiger partial charge on any atom is 0.357 e. The van der Waals surface area contributed by atoms with Crippen LogP contribution in [-0.2, 0) is 4.84 Å². The van der Waals surface area contributed by atoms with Crippen molar-refractivity contribution in [2.45, 2.75) is 25.7 Å². The van der Waals surface area contributed by atoms with Crippen molar-refractivity contribution in [3.8, 4) is 0 Å². The first-order valence-electron chi connectivity index (χ1n) is 8.06. The highest BCUT2D eigenvalue weighted by molar-refractivity contribution is 5.89. The summed E-state index contributed by atoms with van der Waals surface area (Å²) in [5, 5.41) is 5.27. The standard InChI is InChI=1S/C17H24N2O2/c20-17(16-4-2-1-3-5-16)21-19-12-8-15(9-13-19)14-6-10-18-11-7-14/h1-5,14-15,18H,6-13H2. The van der Waals surface area contributed by atoms with Gasteiger partial charge in [-0.1, -0.05) is 18.2 Å². The van der Waals surface area contributed by atoms with Gasteiger partial charge in [-0.25, -0.2) is 4.79 Å². The summed E-state index contributed by atoms with van der Waals surface area (Å²) in [4.78, 5) is 17.5. The van der Waals surface area contributed by atoms with Crippen molar-refractivity contribution in [3.05, 3.63) is 35.9 Å². The van der Waals surface area contributed by atoms with E-state index in [0.717, 1.165) is 50.9 Å². The molecule has 1 N–H and O–H groups in total. The molecule has 1 aromatic carbocycles. The minimum Gasteiger partial charge on any atom is -0.364 e. The van der Waals surface area contributed by atoms with Gasteiger partial charge in [0, 0.05) is 13.1 Å². The van der Waals surface area contributed by atoms with Crippen LogP contribution >= 0.6 is 0 Å². The Labute approximate surface area is 126 Å². The smallest absolute Gasteiger partial charge is 0.357 e. The lowest BCUT2D eigenvalue weighted by atomic mass is 9.79. The van der Waals surface area contributed by atoms with E-state index in [4.69, 9.17) is 4.84 Å². The molecule has 0 amide bonds. The molecule has 2 saturated heterocycles. The zero-order valence-corrected chi connectivity index (χ0v) is 12.5. The second-order valence-electron chi connectivity index (χ2n) is 6.10. The van der Waals surface area contributed by atoms with Gasteiger partial charge in [0.1, 0.15) is 0 Å². The molecule has 0 radical (unpaired) electrons. The van der Waals surface area contributed by atoms with Crippen molar-refractivity contribution in [2.24, 2.45) is 11.8 Å². The number of hydroxylamine groups is 2. The summed E-state index contributed by atoms with van der Waals surface area (Å²) in [6.07, 6.45) is 4.89. The average Bonchev–Trinajstić information content (AvgIpc) is 2.57. The first kappa shape index (κ1) is 14.5. The molecule has 3 rings (SSSR count). The van der Waals surface area contributed by atoms with Crippen molar-refractivity contribution in [1.82, 2.24) is 10.4 Å². The second-order valence-corrected chi connectivity index (χ2v) is 6.10. The van der Waals surface area contributed by atoms with Gasteiger partial charge in [0.25, 0.3) is 0 Å². The van der Waals surface area contributed by atoms with E-state index in [1.54, 1.807) is 12.1 Å². The van der Waals surface area contributed by atoms with E-state index in [1.807, 2.05) is 23.3 Å². The predicted molar refractivity (Wildman–Crippen MR) is 81.7 cm³/mol. The van der Waals surface area contributed by atoms with E-state index >= 15 is 0 Å². The Kier molecular flexibility index (Phi) is 4.88. The van der Waals surface area contributed by atoms with E-state index in [2.05, 4.69) is 5.32 Å². The molecule has 0 atom stereocenters. The molecule has 0 unspecified atom stereocenters. The first-order chi connectivity index (χ1) is 10.3. The summed E-state index contributed by atoms with van der Waals surface area (Å²) in [5.41, 5.74) is 0.623. The molecular weight excluding hydrogens is 264 g/mol. The zero-order valence-electron chi connectivity index (χ0n) is 12.5. The van der Waals surface area contributed by atoms with Gasteiger partial charge in [0.15, 0.2) is 0 Å². The highest BCUT2D eigenvalue weighted by atomic mass is 16.7. The number of nitrogens with one attached hydrogen (secondary N) is 1. The number of hydrogen-bond donors (Lipinski definition) is 1. The highest BCUT2D eigenvalue weighted by Gasteiger charge is 2.28. The molecular formula is C17H24N2O2. The van der Waals surface area contributed by atoms with Crippen LogP contribution in [0, 0.1) is 11.8 Å². The van der Waals surface area contributed by atoms with Gasteiger partial charge in [0.2, 0.25) is 0 Å². The van der Waals surface area contributed by atoms with Crippen molar-refractivity contribution >= 4 is 5.97 Å². The molecule has 0 spiro atoms. The Hall–Kier alpha value is -1.39. The molecule has 114 valence electrons. The van der Waals surface area contributed by atoms with Gasteiger partial charge >= 0.3 is 5.97 Å². The first-order valence-corrected chi connectivity index (χ1v) is 8.06. The number of piperidine rings is 2. The molecule has 4 nitrogen and oxygen atoms in total. The van der Waals surface area contributed by atoms with Crippen LogP contribution in [0.25, 0.3) is 0 Å². The molecule has 2 heterocycles. The minimum absolute atomic E-state index is 0.240. The Morgan fingerprint density at radius 2 is 1.62 bits per heavy atom. The van der Waals surface area contributed by atoms with Crippen LogP contribution < -0.4 is 5.32 Å². The number of carbonyl (C=O) groups excluding carboxylic acids is 1. The topological polar surface area (TPSA) is 41.6 Å². The van der Waals surface area contributed by atoms with E-state index in [9.17, 15) is 4.79 Å². The maximum absolute atomic E-state index is 12.0. The third-order valence-corrected chi connectivity index (χ3v) is 4.77. The van der Waals surface area contributed by atoms with Gasteiger partial charge in [0.05, 0.1) is 5.56 Å². The van der Waals surface area contributed by atoms with E-state index in [1.165, 1.54) is 12.8 Å². The number of rotatable bonds is 3. The second kappa shape index (κ2) is 7.05. The van der Waals surface area contributed by atoms with Crippen LogP contribution in [0.1, 0.15) is 36.0 Å². The molecule has 1 aromatic rings. The summed E-state index contributed by atoms with van der Waals surface area (Å²) < 4.78 is 0. The predicted octanol–water partition coefficient (Wildman–Crippen LogP) is 2.47. The monoisotopic (exact) mass is 288 g/mol. The lowest BCUT2D eigenvalue weighted by molar-refractivity contribution is -0.129. The molecule has 2 fully saturated rings. The largest absolute Gasteiger partial charge is 0.364 e. The molecule has 2 aliphatic rings. The van der Waals surface area contributed by atoms with E-state index in [0.29, 0.717) is 5.56 Å². The molecule has 0 aromatic heterocycles. The summed E-state index contributed by atoms with van der Waals surface area (Å²) in [6.45, 7) is 4.06. The fourth-order valence-corrected chi connectivity index (χ4v) is 3.50. The van der Waals surface area contributed by atoms with Gasteiger partial charge in [-0.05, 0) is 62.7 Å². The molecule has 0 aliphatic carbocycles. The van der Waals surface area contributed by atoms with Gasteiger partial charge in [-0.15, -0.1) is 5.06 Å². The van der Waals surface area contributed by atoms with Crippen molar-refractivity contribution in [1.29, 1.82) is 0 Å². The van der Waals surface area contributed by atoms with Crippen molar-refractivity contribution in [2.75, 3.05) is 26.2 Å². The Bertz CT molecular complexity index is 449. The fraction of sp³-hybridized carbons (Fsp3) is 0.588. The molecule has 2 aliphatic heterocycles. The van der Waals surface area contributed by atoms with Crippen LogP contribution in [0.2, 0.25) is 0 Å². The van der Waals surface area contributed by atoms with Crippen molar-refractivity contribution < 1.29 is 9.63 Å². The van der Waals surface area contributed by atoms with Crippen LogP contribution in [0.3, 0.4) is 0 Å². The lowest BCUT2D eigenvalue weighted by Gasteiger charge is -2.36. The Morgan fingerprint density at radius 3 is 2.29 bits per heavy atom. The van der Waals surface area contributed by atoms with E-state index in [-0.39, 0.29) is 5.97 Å². The Morgan fingerprint density at radius 1 is 1.00 bits per heavy atom. The summed E-state index contributed by atoms with van der Waals surface area (Å²) in [5.74, 6) is 1.42. The minimum atomic E-state index is -0.240. The molecule has 4 heteroatoms. The fourth-order valence-electron chi connectivity index (χ4n) is 3.50. The van der Waals surface area contributed by atoms with Gasteiger partial charge in [-0.2, -0.15) is 0 Å². The third kappa shape index (κ3) is 3.83.